The minimum Gasteiger partial charge on any atom is -0.319 e. The predicted molar refractivity (Wildman–Crippen MR) is 56.0 cm³/mol. The van der Waals surface area contributed by atoms with E-state index in [4.69, 9.17) is 0 Å². The van der Waals surface area contributed by atoms with E-state index in [-0.39, 0.29) is 0 Å². The number of nitrogens with zero attached hydrogens (tertiary/aromatic N) is 1. The van der Waals surface area contributed by atoms with Crippen molar-refractivity contribution in [3.8, 4) is 0 Å². The third kappa shape index (κ3) is 1.92. The summed E-state index contributed by atoms with van der Waals surface area (Å²) in [5.74, 6) is 0. The summed E-state index contributed by atoms with van der Waals surface area (Å²) < 4.78 is 0. The Morgan fingerprint density at radius 1 is 1.62 bits per heavy atom. The van der Waals surface area contributed by atoms with Gasteiger partial charge >= 0.3 is 0 Å². The van der Waals surface area contributed by atoms with Crippen molar-refractivity contribution in [2.45, 2.75) is 25.7 Å². The molecule has 1 aliphatic rings. The molecule has 1 heterocycles. The monoisotopic (exact) mass is 196 g/mol. The van der Waals surface area contributed by atoms with Crippen LogP contribution in [0.15, 0.2) is 11.6 Å². The van der Waals surface area contributed by atoms with Crippen molar-refractivity contribution in [3.63, 3.8) is 0 Å². The van der Waals surface area contributed by atoms with Crippen LogP contribution in [0.1, 0.15) is 24.3 Å². The highest BCUT2D eigenvalue weighted by Crippen LogP contribution is 2.43. The first-order valence-electron chi connectivity index (χ1n) is 4.88. The Bertz CT molecular complexity index is 252. The van der Waals surface area contributed by atoms with Crippen LogP contribution in [-0.4, -0.2) is 18.6 Å². The molecule has 13 heavy (non-hydrogen) atoms. The standard InChI is InChI=1S/C10H16N2S/c1-11-8-10(3-2-4-10)7-9-12-5-6-13-9/h5-6,11H,2-4,7-8H2,1H3. The van der Waals surface area contributed by atoms with Gasteiger partial charge < -0.3 is 5.32 Å². The maximum Gasteiger partial charge on any atom is 0.0930 e. The van der Waals surface area contributed by atoms with Crippen molar-refractivity contribution >= 4 is 11.3 Å². The van der Waals surface area contributed by atoms with Gasteiger partial charge in [0.1, 0.15) is 0 Å². The van der Waals surface area contributed by atoms with E-state index in [0.29, 0.717) is 5.41 Å². The quantitative estimate of drug-likeness (QED) is 0.797. The SMILES string of the molecule is CNCC1(Cc2nccs2)CCC1. The first-order valence-corrected chi connectivity index (χ1v) is 5.76. The van der Waals surface area contributed by atoms with Crippen molar-refractivity contribution in [1.29, 1.82) is 0 Å². The molecular formula is C10H16N2S. The lowest BCUT2D eigenvalue weighted by Gasteiger charge is -2.41. The van der Waals surface area contributed by atoms with Crippen molar-refractivity contribution in [3.05, 3.63) is 16.6 Å². The van der Waals surface area contributed by atoms with Crippen LogP contribution in [0.5, 0.6) is 0 Å². The van der Waals surface area contributed by atoms with E-state index in [9.17, 15) is 0 Å². The molecule has 3 heteroatoms. The molecule has 1 aliphatic carbocycles. The maximum absolute atomic E-state index is 4.36. The van der Waals surface area contributed by atoms with E-state index >= 15 is 0 Å². The van der Waals surface area contributed by atoms with E-state index in [1.165, 1.54) is 30.7 Å². The molecule has 0 radical (unpaired) electrons. The second-order valence-corrected chi connectivity index (χ2v) is 4.97. The van der Waals surface area contributed by atoms with Crippen molar-refractivity contribution in [1.82, 2.24) is 10.3 Å². The van der Waals surface area contributed by atoms with E-state index in [0.717, 1.165) is 6.54 Å². The average molecular weight is 196 g/mol. The molecule has 0 aliphatic heterocycles. The summed E-state index contributed by atoms with van der Waals surface area (Å²) >= 11 is 1.79. The molecule has 1 aromatic rings. The Morgan fingerprint density at radius 2 is 2.46 bits per heavy atom. The number of rotatable bonds is 4. The average Bonchev–Trinajstić information content (AvgIpc) is 2.53. The summed E-state index contributed by atoms with van der Waals surface area (Å²) in [5.41, 5.74) is 0.534. The van der Waals surface area contributed by atoms with Crippen molar-refractivity contribution in [2.24, 2.45) is 5.41 Å². The largest absolute Gasteiger partial charge is 0.319 e. The summed E-state index contributed by atoms with van der Waals surface area (Å²) in [6.45, 7) is 1.15. The minimum absolute atomic E-state index is 0.534. The summed E-state index contributed by atoms with van der Waals surface area (Å²) in [5, 5.41) is 6.67. The first-order chi connectivity index (χ1) is 6.35. The van der Waals surface area contributed by atoms with Gasteiger partial charge in [-0.2, -0.15) is 0 Å². The zero-order chi connectivity index (χ0) is 9.15. The van der Waals surface area contributed by atoms with E-state index in [1.807, 2.05) is 13.2 Å². The second-order valence-electron chi connectivity index (χ2n) is 3.99. The highest BCUT2D eigenvalue weighted by molar-refractivity contribution is 7.09. The minimum atomic E-state index is 0.534. The molecule has 2 rings (SSSR count). The smallest absolute Gasteiger partial charge is 0.0930 e. The Kier molecular flexibility index (Phi) is 2.65. The van der Waals surface area contributed by atoms with Gasteiger partial charge in [-0.05, 0) is 25.3 Å². The molecule has 0 bridgehead atoms. The summed E-state index contributed by atoms with van der Waals surface area (Å²) in [6, 6.07) is 0. The Hall–Kier alpha value is -0.410. The van der Waals surface area contributed by atoms with Gasteiger partial charge in [-0.25, -0.2) is 4.98 Å². The molecule has 1 N–H and O–H groups in total. The Labute approximate surface area is 83.4 Å². The lowest BCUT2D eigenvalue weighted by atomic mass is 9.67. The van der Waals surface area contributed by atoms with Crippen LogP contribution in [-0.2, 0) is 6.42 Å². The third-order valence-corrected chi connectivity index (χ3v) is 3.76. The van der Waals surface area contributed by atoms with Crippen LogP contribution in [0.25, 0.3) is 0 Å². The third-order valence-electron chi connectivity index (χ3n) is 2.98. The van der Waals surface area contributed by atoms with Crippen LogP contribution in [0.4, 0.5) is 0 Å². The molecule has 1 aromatic heterocycles. The number of hydrogen-bond acceptors (Lipinski definition) is 3. The second kappa shape index (κ2) is 3.76. The Balaban J connectivity index is 1.98. The predicted octanol–water partition coefficient (Wildman–Crippen LogP) is 2.08. The van der Waals surface area contributed by atoms with Crippen molar-refractivity contribution in [2.75, 3.05) is 13.6 Å². The van der Waals surface area contributed by atoms with Gasteiger partial charge in [0.15, 0.2) is 0 Å². The van der Waals surface area contributed by atoms with Gasteiger partial charge in [0.25, 0.3) is 0 Å². The summed E-state index contributed by atoms with van der Waals surface area (Å²) in [7, 11) is 2.04. The van der Waals surface area contributed by atoms with Crippen molar-refractivity contribution < 1.29 is 0 Å². The van der Waals surface area contributed by atoms with Gasteiger partial charge in [-0.3, -0.25) is 0 Å². The number of thiazole rings is 1. The molecule has 0 aromatic carbocycles. The fourth-order valence-corrected chi connectivity index (χ4v) is 2.92. The lowest BCUT2D eigenvalue weighted by molar-refractivity contribution is 0.133. The topological polar surface area (TPSA) is 24.9 Å². The van der Waals surface area contributed by atoms with Crippen LogP contribution in [0.3, 0.4) is 0 Å². The molecule has 72 valence electrons. The van der Waals surface area contributed by atoms with E-state index in [1.54, 1.807) is 11.3 Å². The van der Waals surface area contributed by atoms with Gasteiger partial charge in [-0.1, -0.05) is 6.42 Å². The molecule has 0 saturated heterocycles. The molecule has 0 atom stereocenters. The first kappa shape index (κ1) is 9.16. The Morgan fingerprint density at radius 3 is 2.92 bits per heavy atom. The van der Waals surface area contributed by atoms with Gasteiger partial charge in [-0.15, -0.1) is 11.3 Å². The maximum atomic E-state index is 4.36. The normalized spacial score (nSPS) is 19.8. The van der Waals surface area contributed by atoms with Crippen LogP contribution < -0.4 is 5.32 Å². The van der Waals surface area contributed by atoms with Crippen LogP contribution in [0, 0.1) is 5.41 Å². The molecule has 1 fully saturated rings. The lowest BCUT2D eigenvalue weighted by Crippen LogP contribution is -2.40. The number of hydrogen-bond donors (Lipinski definition) is 1. The molecule has 0 unspecified atom stereocenters. The zero-order valence-electron chi connectivity index (χ0n) is 8.05. The highest BCUT2D eigenvalue weighted by Gasteiger charge is 2.36. The summed E-state index contributed by atoms with van der Waals surface area (Å²) in [6.07, 6.45) is 7.21. The zero-order valence-corrected chi connectivity index (χ0v) is 8.86. The van der Waals surface area contributed by atoms with Crippen LogP contribution in [0.2, 0.25) is 0 Å². The van der Waals surface area contributed by atoms with Gasteiger partial charge in [0.2, 0.25) is 0 Å². The number of aromatic nitrogens is 1. The molecular weight excluding hydrogens is 180 g/mol. The molecule has 1 saturated carbocycles. The van der Waals surface area contributed by atoms with E-state index < -0.39 is 0 Å². The van der Waals surface area contributed by atoms with Gasteiger partial charge in [0.05, 0.1) is 5.01 Å². The fraction of sp³-hybridized carbons (Fsp3) is 0.700. The summed E-state index contributed by atoms with van der Waals surface area (Å²) in [4.78, 5) is 4.36. The van der Waals surface area contributed by atoms with Gasteiger partial charge in [0, 0.05) is 24.5 Å². The molecule has 0 amide bonds. The van der Waals surface area contributed by atoms with Crippen LogP contribution >= 0.6 is 11.3 Å². The fourth-order valence-electron chi connectivity index (χ4n) is 2.13. The molecule has 2 nitrogen and oxygen atoms in total. The highest BCUT2D eigenvalue weighted by atomic mass is 32.1. The van der Waals surface area contributed by atoms with E-state index in [2.05, 4.69) is 15.7 Å². The molecule has 0 spiro atoms. The number of nitrogens with one attached hydrogen (secondary N) is 1.